The Bertz CT molecular complexity index is 1020. The molecule has 1 fully saturated rings. The second kappa shape index (κ2) is 12.6. The van der Waals surface area contributed by atoms with Gasteiger partial charge in [0.05, 0.1) is 0 Å². The van der Waals surface area contributed by atoms with Gasteiger partial charge in [-0.15, -0.1) is 0 Å². The first-order chi connectivity index (χ1) is 17.8. The Labute approximate surface area is 218 Å². The van der Waals surface area contributed by atoms with Crippen LogP contribution in [0.2, 0.25) is 0 Å². The van der Waals surface area contributed by atoms with Crippen molar-refractivity contribution in [3.8, 4) is 0 Å². The van der Waals surface area contributed by atoms with E-state index < -0.39 is 0 Å². The third-order valence-electron chi connectivity index (χ3n) is 8.20. The van der Waals surface area contributed by atoms with E-state index in [1.165, 1.54) is 68.6 Å². The first-order valence-corrected chi connectivity index (χ1v) is 14.2. The van der Waals surface area contributed by atoms with Crippen LogP contribution < -0.4 is 4.90 Å². The molecule has 0 amide bonds. The third kappa shape index (κ3) is 6.38. The van der Waals surface area contributed by atoms with E-state index in [4.69, 9.17) is 0 Å². The van der Waals surface area contributed by atoms with Crippen LogP contribution in [0.5, 0.6) is 0 Å². The molecule has 1 heterocycles. The fourth-order valence-corrected chi connectivity index (χ4v) is 6.11. The van der Waals surface area contributed by atoms with Gasteiger partial charge >= 0.3 is 0 Å². The van der Waals surface area contributed by atoms with Gasteiger partial charge in [0, 0.05) is 51.0 Å². The van der Waals surface area contributed by atoms with Crippen molar-refractivity contribution in [1.82, 2.24) is 9.80 Å². The second-order valence-corrected chi connectivity index (χ2v) is 10.7. The number of rotatable bonds is 10. The van der Waals surface area contributed by atoms with Crippen LogP contribution in [0, 0.1) is 0 Å². The molecular formula is C33H43N3. The van der Waals surface area contributed by atoms with Gasteiger partial charge in [0.1, 0.15) is 0 Å². The van der Waals surface area contributed by atoms with Crippen LogP contribution >= 0.6 is 0 Å². The summed E-state index contributed by atoms with van der Waals surface area (Å²) in [5, 5.41) is 0. The van der Waals surface area contributed by atoms with E-state index >= 15 is 0 Å². The highest BCUT2D eigenvalue weighted by atomic mass is 15.3. The molecular weight excluding hydrogens is 438 g/mol. The number of piperazine rings is 1. The molecule has 0 saturated carbocycles. The largest absolute Gasteiger partial charge is 0.369 e. The molecule has 0 bridgehead atoms. The van der Waals surface area contributed by atoms with Crippen LogP contribution in [0.3, 0.4) is 0 Å². The van der Waals surface area contributed by atoms with Crippen LogP contribution in [0.15, 0.2) is 78.9 Å². The maximum atomic E-state index is 2.73. The minimum atomic E-state index is 0.564. The zero-order chi connectivity index (χ0) is 24.6. The zero-order valence-corrected chi connectivity index (χ0v) is 22.1. The maximum absolute atomic E-state index is 2.73. The number of hydrogen-bond donors (Lipinski definition) is 0. The fourth-order valence-electron chi connectivity index (χ4n) is 6.11. The Balaban J connectivity index is 1.31. The Morgan fingerprint density at radius 3 is 2.06 bits per heavy atom. The number of fused-ring (bicyclic) bond motifs is 1. The monoisotopic (exact) mass is 481 g/mol. The Kier molecular flexibility index (Phi) is 8.74. The van der Waals surface area contributed by atoms with Crippen LogP contribution in [0.4, 0.5) is 5.69 Å². The molecule has 1 aliphatic heterocycles. The Morgan fingerprint density at radius 2 is 1.42 bits per heavy atom. The molecule has 0 unspecified atom stereocenters. The lowest BCUT2D eigenvalue weighted by atomic mass is 9.85. The summed E-state index contributed by atoms with van der Waals surface area (Å²) in [6.07, 6.45) is 7.59. The number of benzene rings is 3. The zero-order valence-electron chi connectivity index (χ0n) is 22.1. The number of nitrogens with zero attached hydrogens (tertiary/aromatic N) is 3. The SMILES string of the molecule is CCCCCN1CCN(c2cccc3c2C[C@H](N(Cc2ccccc2)Cc2ccccc2)CC3)CC1. The van der Waals surface area contributed by atoms with Crippen molar-refractivity contribution in [2.24, 2.45) is 0 Å². The van der Waals surface area contributed by atoms with Crippen LogP contribution in [0.25, 0.3) is 0 Å². The van der Waals surface area contributed by atoms with E-state index in [0.29, 0.717) is 6.04 Å². The van der Waals surface area contributed by atoms with Crippen molar-refractivity contribution in [2.75, 3.05) is 37.6 Å². The lowest BCUT2D eigenvalue weighted by Gasteiger charge is -2.40. The number of unbranched alkanes of at least 4 members (excludes halogenated alkanes) is 2. The van der Waals surface area contributed by atoms with Crippen molar-refractivity contribution in [2.45, 2.75) is 64.6 Å². The molecule has 0 aromatic heterocycles. The number of anilines is 1. The summed E-state index contributed by atoms with van der Waals surface area (Å²) in [5.74, 6) is 0. The van der Waals surface area contributed by atoms with E-state index in [2.05, 4.69) is 100 Å². The van der Waals surface area contributed by atoms with E-state index in [0.717, 1.165) is 32.6 Å². The summed E-state index contributed by atoms with van der Waals surface area (Å²) in [4.78, 5) is 8.08. The van der Waals surface area contributed by atoms with Gasteiger partial charge < -0.3 is 4.90 Å². The summed E-state index contributed by atoms with van der Waals surface area (Å²) in [5.41, 5.74) is 7.51. The van der Waals surface area contributed by atoms with Crippen molar-refractivity contribution in [3.05, 3.63) is 101 Å². The highest BCUT2D eigenvalue weighted by Gasteiger charge is 2.28. The van der Waals surface area contributed by atoms with Crippen molar-refractivity contribution in [1.29, 1.82) is 0 Å². The Hall–Kier alpha value is -2.62. The minimum Gasteiger partial charge on any atom is -0.369 e. The van der Waals surface area contributed by atoms with Gasteiger partial charge in [-0.2, -0.15) is 0 Å². The molecule has 0 N–H and O–H groups in total. The molecule has 2 aliphatic rings. The first kappa shape index (κ1) is 25.0. The van der Waals surface area contributed by atoms with Crippen LogP contribution in [-0.2, 0) is 25.9 Å². The quantitative estimate of drug-likeness (QED) is 0.304. The molecule has 1 saturated heterocycles. The molecule has 36 heavy (non-hydrogen) atoms. The van der Waals surface area contributed by atoms with Crippen molar-refractivity contribution < 1.29 is 0 Å². The molecule has 3 aromatic carbocycles. The molecule has 1 atom stereocenters. The number of hydrogen-bond acceptors (Lipinski definition) is 3. The van der Waals surface area contributed by atoms with E-state index in [1.807, 2.05) is 0 Å². The standard InChI is InChI=1S/C33H43N3/c1-2-3-10-20-34-21-23-35(24-22-34)33-17-11-16-30-18-19-31(25-32(30)33)36(26-28-12-6-4-7-13-28)27-29-14-8-5-9-15-29/h4-9,11-17,31H,2-3,10,18-27H2,1H3/t31-/m1/s1. The predicted molar refractivity (Wildman–Crippen MR) is 153 cm³/mol. The normalized spacial score (nSPS) is 18.4. The van der Waals surface area contributed by atoms with Gasteiger partial charge in [0.25, 0.3) is 0 Å². The molecule has 0 radical (unpaired) electrons. The smallest absolute Gasteiger partial charge is 0.0403 e. The lowest BCUT2D eigenvalue weighted by molar-refractivity contribution is 0.162. The highest BCUT2D eigenvalue weighted by molar-refractivity contribution is 5.58. The summed E-state index contributed by atoms with van der Waals surface area (Å²) in [6, 6.07) is 29.7. The lowest BCUT2D eigenvalue weighted by Crippen LogP contribution is -2.47. The van der Waals surface area contributed by atoms with E-state index in [1.54, 1.807) is 11.1 Å². The van der Waals surface area contributed by atoms with E-state index in [9.17, 15) is 0 Å². The molecule has 190 valence electrons. The summed E-state index contributed by atoms with van der Waals surface area (Å²) < 4.78 is 0. The van der Waals surface area contributed by atoms with Gasteiger partial charge in [-0.1, -0.05) is 92.6 Å². The molecule has 1 aliphatic carbocycles. The second-order valence-electron chi connectivity index (χ2n) is 10.7. The van der Waals surface area contributed by atoms with Gasteiger partial charge in [-0.3, -0.25) is 9.80 Å². The minimum absolute atomic E-state index is 0.564. The molecule has 3 heteroatoms. The average Bonchev–Trinajstić information content (AvgIpc) is 2.94. The summed E-state index contributed by atoms with van der Waals surface area (Å²) in [6.45, 7) is 10.3. The third-order valence-corrected chi connectivity index (χ3v) is 8.20. The Morgan fingerprint density at radius 1 is 0.750 bits per heavy atom. The topological polar surface area (TPSA) is 9.72 Å². The molecule has 0 spiro atoms. The van der Waals surface area contributed by atoms with Crippen molar-refractivity contribution >= 4 is 5.69 Å². The van der Waals surface area contributed by atoms with E-state index in [-0.39, 0.29) is 0 Å². The predicted octanol–water partition coefficient (Wildman–Crippen LogP) is 6.56. The molecule has 5 rings (SSSR count). The van der Waals surface area contributed by atoms with Crippen LogP contribution in [0.1, 0.15) is 54.9 Å². The number of aryl methyl sites for hydroxylation is 1. The van der Waals surface area contributed by atoms with Crippen molar-refractivity contribution in [3.63, 3.8) is 0 Å². The molecule has 3 nitrogen and oxygen atoms in total. The van der Waals surface area contributed by atoms with Crippen LogP contribution in [-0.4, -0.2) is 48.6 Å². The first-order valence-electron chi connectivity index (χ1n) is 14.2. The summed E-state index contributed by atoms with van der Waals surface area (Å²) >= 11 is 0. The van der Waals surface area contributed by atoms with Gasteiger partial charge in [0.2, 0.25) is 0 Å². The summed E-state index contributed by atoms with van der Waals surface area (Å²) in [7, 11) is 0. The fraction of sp³-hybridized carbons (Fsp3) is 0.455. The molecule has 3 aromatic rings. The maximum Gasteiger partial charge on any atom is 0.0403 e. The highest BCUT2D eigenvalue weighted by Crippen LogP contribution is 2.34. The average molecular weight is 482 g/mol. The van der Waals surface area contributed by atoms with Gasteiger partial charge in [0.15, 0.2) is 0 Å². The van der Waals surface area contributed by atoms with Gasteiger partial charge in [-0.25, -0.2) is 0 Å². The van der Waals surface area contributed by atoms with Gasteiger partial charge in [-0.05, 0) is 60.5 Å².